The Morgan fingerprint density at radius 2 is 1.92 bits per heavy atom. The van der Waals surface area contributed by atoms with E-state index < -0.39 is 22.9 Å². The molecule has 7 nitrogen and oxygen atoms in total. The molecule has 2 rings (SSSR count). The van der Waals surface area contributed by atoms with E-state index in [1.54, 1.807) is 0 Å². The van der Waals surface area contributed by atoms with Gasteiger partial charge < -0.3 is 15.4 Å². The van der Waals surface area contributed by atoms with Crippen LogP contribution in [-0.2, 0) is 11.2 Å². The van der Waals surface area contributed by atoms with Crippen LogP contribution in [0.4, 0.5) is 0 Å². The van der Waals surface area contributed by atoms with E-state index in [2.05, 4.69) is 10.3 Å². The second-order valence-corrected chi connectivity index (χ2v) is 7.72. The number of Topliss-reactive ketones (excluding diaryl/α,β-unsaturated/α-hetero) is 1. The number of hydrogen-bond donors (Lipinski definition) is 3. The predicted molar refractivity (Wildman–Crippen MR) is 87.2 cm³/mol. The van der Waals surface area contributed by atoms with Crippen molar-refractivity contribution in [3.8, 4) is 0 Å². The van der Waals surface area contributed by atoms with E-state index in [9.17, 15) is 19.2 Å². The van der Waals surface area contributed by atoms with Crippen LogP contribution in [0, 0.1) is 10.8 Å². The lowest BCUT2D eigenvalue weighted by Crippen LogP contribution is -2.41. The van der Waals surface area contributed by atoms with Gasteiger partial charge in [0.2, 0.25) is 0 Å². The number of pyridine rings is 1. The first-order chi connectivity index (χ1) is 10.9. The molecule has 24 heavy (non-hydrogen) atoms. The van der Waals surface area contributed by atoms with Crippen molar-refractivity contribution in [3.05, 3.63) is 33.2 Å². The van der Waals surface area contributed by atoms with Gasteiger partial charge in [-0.2, -0.15) is 0 Å². The Morgan fingerprint density at radius 3 is 2.50 bits per heavy atom. The topological polar surface area (TPSA) is 116 Å². The van der Waals surface area contributed by atoms with Crippen LogP contribution < -0.4 is 10.9 Å². The summed E-state index contributed by atoms with van der Waals surface area (Å²) in [6.45, 7) is 6.71. The summed E-state index contributed by atoms with van der Waals surface area (Å²) in [6.07, 6.45) is 0.899. The molecule has 0 bridgehead atoms. The summed E-state index contributed by atoms with van der Waals surface area (Å²) in [5.41, 5.74) is -1.24. The lowest BCUT2D eigenvalue weighted by atomic mass is 9.75. The zero-order valence-electron chi connectivity index (χ0n) is 14.3. The normalized spacial score (nSPS) is 16.4. The number of aliphatic carboxylic acids is 1. The van der Waals surface area contributed by atoms with E-state index in [1.807, 2.05) is 13.8 Å². The molecule has 0 fully saturated rings. The smallest absolute Gasteiger partial charge is 0.310 e. The highest BCUT2D eigenvalue weighted by molar-refractivity contribution is 6.02. The van der Waals surface area contributed by atoms with Gasteiger partial charge in [-0.3, -0.25) is 19.2 Å². The third-order valence-corrected chi connectivity index (χ3v) is 4.23. The minimum absolute atomic E-state index is 0.114. The van der Waals surface area contributed by atoms with Gasteiger partial charge in [-0.25, -0.2) is 0 Å². The van der Waals surface area contributed by atoms with E-state index in [0.29, 0.717) is 24.1 Å². The van der Waals surface area contributed by atoms with Crippen molar-refractivity contribution in [2.75, 3.05) is 6.54 Å². The molecule has 0 aromatic carbocycles. The molecular weight excluding hydrogens is 312 g/mol. The van der Waals surface area contributed by atoms with Gasteiger partial charge in [0.1, 0.15) is 5.56 Å². The minimum atomic E-state index is -1.16. The number of amides is 1. The van der Waals surface area contributed by atoms with E-state index in [4.69, 9.17) is 5.11 Å². The number of carboxylic acid groups (broad SMARTS) is 1. The summed E-state index contributed by atoms with van der Waals surface area (Å²) in [7, 11) is 0. The molecule has 1 aromatic heterocycles. The van der Waals surface area contributed by atoms with Crippen LogP contribution >= 0.6 is 0 Å². The molecule has 0 atom stereocenters. The van der Waals surface area contributed by atoms with Crippen molar-refractivity contribution in [1.82, 2.24) is 10.3 Å². The average Bonchev–Trinajstić information content (AvgIpc) is 2.42. The number of aromatic nitrogens is 1. The number of aromatic amines is 1. The Hall–Kier alpha value is -2.44. The van der Waals surface area contributed by atoms with Gasteiger partial charge in [0, 0.05) is 24.2 Å². The van der Waals surface area contributed by atoms with Gasteiger partial charge in [-0.05, 0) is 31.7 Å². The molecule has 0 saturated heterocycles. The molecule has 1 aliphatic rings. The first kappa shape index (κ1) is 17.9. The molecule has 130 valence electrons. The van der Waals surface area contributed by atoms with Crippen LogP contribution in [0.3, 0.4) is 0 Å². The van der Waals surface area contributed by atoms with Crippen LogP contribution in [0.25, 0.3) is 0 Å². The number of rotatable bonds is 4. The Morgan fingerprint density at radius 1 is 1.29 bits per heavy atom. The van der Waals surface area contributed by atoms with Gasteiger partial charge in [0.25, 0.3) is 11.5 Å². The van der Waals surface area contributed by atoms with Gasteiger partial charge in [0.15, 0.2) is 5.78 Å². The van der Waals surface area contributed by atoms with E-state index >= 15 is 0 Å². The molecule has 7 heteroatoms. The third-order valence-electron chi connectivity index (χ3n) is 4.23. The molecule has 0 unspecified atom stereocenters. The largest absolute Gasteiger partial charge is 0.481 e. The zero-order chi connectivity index (χ0) is 18.3. The van der Waals surface area contributed by atoms with Gasteiger partial charge in [0.05, 0.1) is 5.41 Å². The second kappa shape index (κ2) is 5.89. The molecule has 1 heterocycles. The fourth-order valence-corrected chi connectivity index (χ4v) is 2.67. The molecular formula is C17H22N2O5. The highest BCUT2D eigenvalue weighted by atomic mass is 16.4. The average molecular weight is 334 g/mol. The molecule has 1 aromatic rings. The maximum atomic E-state index is 12.3. The number of carboxylic acids is 1. The van der Waals surface area contributed by atoms with Crippen LogP contribution in [0.1, 0.15) is 60.5 Å². The standard InChI is InChI=1S/C17H22N2O5/c1-16(2)6-11-9(12(20)7-16)5-10(14(22)19-11)13(21)18-8-17(3,4)15(23)24/h5H,6-8H2,1-4H3,(H,18,21)(H,19,22)(H,23,24). The zero-order valence-corrected chi connectivity index (χ0v) is 14.3. The lowest BCUT2D eigenvalue weighted by molar-refractivity contribution is -0.146. The number of carbonyl (C=O) groups is 3. The maximum absolute atomic E-state index is 12.3. The quantitative estimate of drug-likeness (QED) is 0.769. The Bertz CT molecular complexity index is 774. The summed E-state index contributed by atoms with van der Waals surface area (Å²) < 4.78 is 0. The maximum Gasteiger partial charge on any atom is 0.310 e. The van der Waals surface area contributed by atoms with E-state index in [1.165, 1.54) is 19.9 Å². The van der Waals surface area contributed by atoms with Gasteiger partial charge in [-0.1, -0.05) is 13.8 Å². The summed E-state index contributed by atoms with van der Waals surface area (Å²) >= 11 is 0. The molecule has 1 aliphatic carbocycles. The fourth-order valence-electron chi connectivity index (χ4n) is 2.67. The molecule has 1 amide bonds. The second-order valence-electron chi connectivity index (χ2n) is 7.72. The molecule has 0 aliphatic heterocycles. The number of fused-ring (bicyclic) bond motifs is 1. The monoisotopic (exact) mass is 334 g/mol. The lowest BCUT2D eigenvalue weighted by Gasteiger charge is -2.29. The number of nitrogens with one attached hydrogen (secondary N) is 2. The van der Waals surface area contributed by atoms with Crippen molar-refractivity contribution in [3.63, 3.8) is 0 Å². The summed E-state index contributed by atoms with van der Waals surface area (Å²) in [6, 6.07) is 1.31. The van der Waals surface area contributed by atoms with Gasteiger partial charge in [-0.15, -0.1) is 0 Å². The van der Waals surface area contributed by atoms with Crippen molar-refractivity contribution in [1.29, 1.82) is 0 Å². The van der Waals surface area contributed by atoms with Crippen molar-refractivity contribution < 1.29 is 19.5 Å². The Labute approximate surface area is 139 Å². The van der Waals surface area contributed by atoms with Crippen molar-refractivity contribution in [2.24, 2.45) is 10.8 Å². The van der Waals surface area contributed by atoms with Gasteiger partial charge >= 0.3 is 5.97 Å². The number of carbonyl (C=O) groups excluding carboxylic acids is 2. The molecule has 0 spiro atoms. The number of H-pyrrole nitrogens is 1. The summed E-state index contributed by atoms with van der Waals surface area (Å²) in [4.78, 5) is 50.3. The first-order valence-corrected chi connectivity index (χ1v) is 7.74. The summed E-state index contributed by atoms with van der Waals surface area (Å²) in [5.74, 6) is -1.86. The first-order valence-electron chi connectivity index (χ1n) is 7.74. The highest BCUT2D eigenvalue weighted by Crippen LogP contribution is 2.33. The molecule has 0 radical (unpaired) electrons. The van der Waals surface area contributed by atoms with Crippen molar-refractivity contribution in [2.45, 2.75) is 40.5 Å². The number of hydrogen-bond acceptors (Lipinski definition) is 4. The van der Waals surface area contributed by atoms with E-state index in [0.717, 1.165) is 0 Å². The summed E-state index contributed by atoms with van der Waals surface area (Å²) in [5, 5.41) is 11.5. The Kier molecular flexibility index (Phi) is 4.39. The fraction of sp³-hybridized carbons (Fsp3) is 0.529. The van der Waals surface area contributed by atoms with Crippen LogP contribution in [0.2, 0.25) is 0 Å². The minimum Gasteiger partial charge on any atom is -0.481 e. The van der Waals surface area contributed by atoms with Crippen LogP contribution in [0.5, 0.6) is 0 Å². The van der Waals surface area contributed by atoms with Crippen molar-refractivity contribution >= 4 is 17.7 Å². The SMILES string of the molecule is CC1(C)CC(=O)c2cc(C(=O)NCC(C)(C)C(=O)O)c(=O)[nH]c2C1. The van der Waals surface area contributed by atoms with E-state index in [-0.39, 0.29) is 23.3 Å². The number of ketones is 1. The third kappa shape index (κ3) is 3.55. The van der Waals surface area contributed by atoms with Crippen LogP contribution in [0.15, 0.2) is 10.9 Å². The highest BCUT2D eigenvalue weighted by Gasteiger charge is 2.33. The Balaban J connectivity index is 2.28. The predicted octanol–water partition coefficient (Wildman–Crippen LogP) is 1.37. The molecule has 3 N–H and O–H groups in total. The van der Waals surface area contributed by atoms with Crippen LogP contribution in [-0.4, -0.2) is 34.3 Å². The molecule has 0 saturated carbocycles.